The maximum Gasteiger partial charge on any atom is 0.316 e. The maximum absolute atomic E-state index is 11.4. The fourth-order valence-corrected chi connectivity index (χ4v) is 2.63. The zero-order valence-corrected chi connectivity index (χ0v) is 12.2. The third-order valence-electron chi connectivity index (χ3n) is 2.75. The molecule has 2 rings (SSSR count). The zero-order valence-electron chi connectivity index (χ0n) is 11.4. The number of carbonyl (C=O) groups is 1. The average Bonchev–Trinajstić information content (AvgIpc) is 2.37. The number of fused-ring (bicyclic) bond motifs is 1. The van der Waals surface area contributed by atoms with Crippen LogP contribution in [0.3, 0.4) is 0 Å². The molecule has 0 atom stereocenters. The highest BCUT2D eigenvalue weighted by Crippen LogP contribution is 2.25. The first-order chi connectivity index (χ1) is 9.10. The van der Waals surface area contributed by atoms with Crippen molar-refractivity contribution in [3.8, 4) is 0 Å². The number of pyridine rings is 1. The summed E-state index contributed by atoms with van der Waals surface area (Å²) in [5, 5.41) is 2.02. The van der Waals surface area contributed by atoms with Crippen LogP contribution in [0.15, 0.2) is 29.3 Å². The van der Waals surface area contributed by atoms with E-state index >= 15 is 0 Å². The van der Waals surface area contributed by atoms with Crippen molar-refractivity contribution in [3.63, 3.8) is 0 Å². The molecule has 0 saturated heterocycles. The Morgan fingerprint density at radius 2 is 2.11 bits per heavy atom. The summed E-state index contributed by atoms with van der Waals surface area (Å²) in [7, 11) is 0. The van der Waals surface area contributed by atoms with Crippen LogP contribution in [-0.2, 0) is 9.53 Å². The van der Waals surface area contributed by atoms with E-state index in [2.05, 4.69) is 29.2 Å². The van der Waals surface area contributed by atoms with Gasteiger partial charge in [-0.15, -0.1) is 0 Å². The van der Waals surface area contributed by atoms with E-state index in [1.54, 1.807) is 0 Å². The van der Waals surface area contributed by atoms with Gasteiger partial charge in [-0.05, 0) is 44.0 Å². The van der Waals surface area contributed by atoms with Crippen molar-refractivity contribution >= 4 is 28.6 Å². The van der Waals surface area contributed by atoms with E-state index in [4.69, 9.17) is 4.74 Å². The molecule has 1 heterocycles. The van der Waals surface area contributed by atoms with Crippen molar-refractivity contribution in [1.82, 2.24) is 4.98 Å². The smallest absolute Gasteiger partial charge is 0.316 e. The molecule has 0 saturated carbocycles. The van der Waals surface area contributed by atoms with Crippen molar-refractivity contribution in [3.05, 3.63) is 35.4 Å². The van der Waals surface area contributed by atoms with Gasteiger partial charge in [0, 0.05) is 5.39 Å². The lowest BCUT2D eigenvalue weighted by Crippen LogP contribution is -2.07. The average molecular weight is 275 g/mol. The summed E-state index contributed by atoms with van der Waals surface area (Å²) in [6.07, 6.45) is 0. The molecule has 19 heavy (non-hydrogen) atoms. The first-order valence-corrected chi connectivity index (χ1v) is 7.25. The number of carbonyl (C=O) groups excluding carboxylic acids is 1. The lowest BCUT2D eigenvalue weighted by Gasteiger charge is -2.07. The van der Waals surface area contributed by atoms with Crippen LogP contribution in [-0.4, -0.2) is 23.3 Å². The molecule has 3 nitrogen and oxygen atoms in total. The Balaban J connectivity index is 2.23. The van der Waals surface area contributed by atoms with Crippen molar-refractivity contribution in [2.45, 2.75) is 25.8 Å². The topological polar surface area (TPSA) is 39.2 Å². The Bertz CT molecular complexity index is 610. The predicted molar refractivity (Wildman–Crippen MR) is 78.6 cm³/mol. The molecule has 0 radical (unpaired) electrons. The van der Waals surface area contributed by atoms with E-state index in [1.165, 1.54) is 17.3 Å². The van der Waals surface area contributed by atoms with Crippen LogP contribution in [0.4, 0.5) is 0 Å². The molecule has 100 valence electrons. The molecule has 0 aliphatic heterocycles. The number of thioether (sulfide) groups is 1. The number of rotatable bonds is 4. The zero-order chi connectivity index (χ0) is 13.8. The number of nitrogens with zero attached hydrogens (tertiary/aromatic N) is 1. The van der Waals surface area contributed by atoms with Gasteiger partial charge in [0.2, 0.25) is 0 Å². The normalized spacial score (nSPS) is 10.7. The van der Waals surface area contributed by atoms with E-state index < -0.39 is 0 Å². The molecule has 0 N–H and O–H groups in total. The Labute approximate surface area is 117 Å². The first-order valence-electron chi connectivity index (χ1n) is 6.26. The number of hydrogen-bond donors (Lipinski definition) is 0. The number of benzene rings is 1. The third kappa shape index (κ3) is 3.47. The molecule has 2 aromatic rings. The number of aromatic nitrogens is 1. The van der Waals surface area contributed by atoms with Crippen LogP contribution < -0.4 is 0 Å². The number of hydrogen-bond acceptors (Lipinski definition) is 4. The van der Waals surface area contributed by atoms with E-state index in [-0.39, 0.29) is 5.97 Å². The summed E-state index contributed by atoms with van der Waals surface area (Å²) < 4.78 is 4.92. The van der Waals surface area contributed by atoms with Gasteiger partial charge in [-0.25, -0.2) is 4.98 Å². The second-order valence-electron chi connectivity index (χ2n) is 4.40. The number of ether oxygens (including phenoxy) is 1. The van der Waals surface area contributed by atoms with Gasteiger partial charge in [-0.1, -0.05) is 23.9 Å². The van der Waals surface area contributed by atoms with Crippen molar-refractivity contribution in [2.75, 3.05) is 12.4 Å². The van der Waals surface area contributed by atoms with Crippen molar-refractivity contribution < 1.29 is 9.53 Å². The number of aryl methyl sites for hydroxylation is 2. The minimum absolute atomic E-state index is 0.196. The molecule has 1 aromatic heterocycles. The quantitative estimate of drug-likeness (QED) is 0.632. The summed E-state index contributed by atoms with van der Waals surface area (Å²) >= 11 is 1.43. The molecule has 0 spiro atoms. The van der Waals surface area contributed by atoms with Gasteiger partial charge < -0.3 is 4.74 Å². The van der Waals surface area contributed by atoms with Crippen LogP contribution in [0, 0.1) is 13.8 Å². The second kappa shape index (κ2) is 6.06. The highest BCUT2D eigenvalue weighted by atomic mass is 32.2. The maximum atomic E-state index is 11.4. The van der Waals surface area contributed by atoms with Crippen molar-refractivity contribution in [1.29, 1.82) is 0 Å². The molecule has 0 amide bonds. The fraction of sp³-hybridized carbons (Fsp3) is 0.333. The first kappa shape index (κ1) is 13.9. The van der Waals surface area contributed by atoms with E-state index in [0.717, 1.165) is 21.5 Å². The second-order valence-corrected chi connectivity index (χ2v) is 5.36. The largest absolute Gasteiger partial charge is 0.465 e. The summed E-state index contributed by atoms with van der Waals surface area (Å²) in [6.45, 7) is 6.29. The summed E-state index contributed by atoms with van der Waals surface area (Å²) in [5.74, 6) is 0.108. The highest BCUT2D eigenvalue weighted by molar-refractivity contribution is 7.99. The molecule has 0 fully saturated rings. The van der Waals surface area contributed by atoms with Crippen LogP contribution in [0.2, 0.25) is 0 Å². The van der Waals surface area contributed by atoms with Crippen LogP contribution in [0.25, 0.3) is 10.9 Å². The van der Waals surface area contributed by atoms with E-state index in [0.29, 0.717) is 12.4 Å². The fourth-order valence-electron chi connectivity index (χ4n) is 1.84. The molecule has 0 aliphatic rings. The molecular weight excluding hydrogens is 258 g/mol. The lowest BCUT2D eigenvalue weighted by molar-refractivity contribution is -0.139. The molecule has 4 heteroatoms. The molecule has 0 unspecified atom stereocenters. The van der Waals surface area contributed by atoms with E-state index in [1.807, 2.05) is 20.8 Å². The van der Waals surface area contributed by atoms with Crippen LogP contribution >= 0.6 is 11.8 Å². The van der Waals surface area contributed by atoms with Crippen molar-refractivity contribution in [2.24, 2.45) is 0 Å². The third-order valence-corrected chi connectivity index (χ3v) is 3.82. The lowest BCUT2D eigenvalue weighted by atomic mass is 10.1. The van der Waals surface area contributed by atoms with Crippen LogP contribution in [0.1, 0.15) is 18.1 Å². The van der Waals surface area contributed by atoms with Gasteiger partial charge in [-0.3, -0.25) is 4.79 Å². The Hall–Kier alpha value is -1.55. The molecule has 1 aromatic carbocycles. The van der Waals surface area contributed by atoms with Gasteiger partial charge in [0.15, 0.2) is 0 Å². The minimum Gasteiger partial charge on any atom is -0.465 e. The van der Waals surface area contributed by atoms with Gasteiger partial charge in [-0.2, -0.15) is 0 Å². The molecular formula is C15H17NO2S. The summed E-state index contributed by atoms with van der Waals surface area (Å²) in [5.41, 5.74) is 3.24. The van der Waals surface area contributed by atoms with Gasteiger partial charge >= 0.3 is 5.97 Å². The highest BCUT2D eigenvalue weighted by Gasteiger charge is 2.08. The van der Waals surface area contributed by atoms with Gasteiger partial charge in [0.05, 0.1) is 17.9 Å². The predicted octanol–water partition coefficient (Wildman–Crippen LogP) is 3.51. The monoisotopic (exact) mass is 275 g/mol. The molecule has 0 bridgehead atoms. The summed E-state index contributed by atoms with van der Waals surface area (Å²) in [6, 6.07) is 8.32. The summed E-state index contributed by atoms with van der Waals surface area (Å²) in [4.78, 5) is 16.0. The standard InChI is InChI=1S/C15H17NO2S/c1-4-18-14(17)9-19-15-11(3)8-12-6-5-10(2)7-13(12)16-15/h5-8H,4,9H2,1-3H3. The van der Waals surface area contributed by atoms with Gasteiger partial charge in [0.25, 0.3) is 0 Å². The SMILES string of the molecule is CCOC(=O)CSc1nc2cc(C)ccc2cc1C. The Morgan fingerprint density at radius 3 is 2.84 bits per heavy atom. The Morgan fingerprint density at radius 1 is 1.32 bits per heavy atom. The molecule has 0 aliphatic carbocycles. The van der Waals surface area contributed by atoms with E-state index in [9.17, 15) is 4.79 Å². The number of esters is 1. The minimum atomic E-state index is -0.196. The van der Waals surface area contributed by atoms with Gasteiger partial charge in [0.1, 0.15) is 5.03 Å². The Kier molecular flexibility index (Phi) is 4.43. The van der Waals surface area contributed by atoms with Crippen LogP contribution in [0.5, 0.6) is 0 Å².